The molecular formula is C19H26O4. The zero-order valence-corrected chi connectivity index (χ0v) is 13.9. The molecule has 0 unspecified atom stereocenters. The minimum absolute atomic E-state index is 0.0502. The van der Waals surface area contributed by atoms with Gasteiger partial charge >= 0.3 is 0 Å². The molecule has 0 radical (unpaired) electrons. The number of carbonyl (C=O) groups excluding carboxylic acids is 2. The molecule has 0 aromatic carbocycles. The SMILES string of the molecule is C[C@]12CCC(=O)C=C1[C@H](O)C[C@@H]1[C@@H]2[C@@H](O)C[C@]2(C)C(=O)CC[C@@H]12. The molecule has 7 atom stereocenters. The normalized spacial score (nSPS) is 52.5. The van der Waals surface area contributed by atoms with Gasteiger partial charge in [0.15, 0.2) is 5.78 Å². The van der Waals surface area contributed by atoms with Gasteiger partial charge in [0.05, 0.1) is 12.2 Å². The molecule has 0 amide bonds. The summed E-state index contributed by atoms with van der Waals surface area (Å²) in [7, 11) is 0. The van der Waals surface area contributed by atoms with Crippen molar-refractivity contribution in [1.29, 1.82) is 0 Å². The molecule has 4 nitrogen and oxygen atoms in total. The Morgan fingerprint density at radius 3 is 2.61 bits per heavy atom. The number of hydrogen-bond donors (Lipinski definition) is 2. The number of aliphatic hydroxyl groups excluding tert-OH is 2. The topological polar surface area (TPSA) is 74.6 Å². The highest BCUT2D eigenvalue weighted by molar-refractivity contribution is 5.92. The Balaban J connectivity index is 1.79. The van der Waals surface area contributed by atoms with Crippen LogP contribution >= 0.6 is 0 Å². The van der Waals surface area contributed by atoms with E-state index in [-0.39, 0.29) is 34.7 Å². The molecule has 4 heteroatoms. The zero-order valence-electron chi connectivity index (χ0n) is 13.9. The maximum atomic E-state index is 12.4. The summed E-state index contributed by atoms with van der Waals surface area (Å²) in [6.07, 6.45) is 4.26. The maximum Gasteiger partial charge on any atom is 0.155 e. The molecule has 3 fully saturated rings. The van der Waals surface area contributed by atoms with Gasteiger partial charge in [-0.25, -0.2) is 0 Å². The molecule has 4 aliphatic rings. The van der Waals surface area contributed by atoms with E-state index in [1.54, 1.807) is 6.08 Å². The highest BCUT2D eigenvalue weighted by Crippen LogP contribution is 2.64. The summed E-state index contributed by atoms with van der Waals surface area (Å²) >= 11 is 0. The number of Topliss-reactive ketones (excluding diaryl/α,β-unsaturated/α-hetero) is 1. The van der Waals surface area contributed by atoms with Crippen LogP contribution in [-0.2, 0) is 9.59 Å². The Kier molecular flexibility index (Phi) is 3.21. The van der Waals surface area contributed by atoms with Crippen LogP contribution in [0.4, 0.5) is 0 Å². The molecule has 0 heterocycles. The van der Waals surface area contributed by atoms with Crippen molar-refractivity contribution in [1.82, 2.24) is 0 Å². The third-order valence-corrected chi connectivity index (χ3v) is 7.62. The molecule has 3 saturated carbocycles. The van der Waals surface area contributed by atoms with Crippen LogP contribution < -0.4 is 0 Å². The molecule has 0 aliphatic heterocycles. The molecule has 0 spiro atoms. The molecule has 0 aromatic heterocycles. The Labute approximate surface area is 137 Å². The molecule has 0 bridgehead atoms. The van der Waals surface area contributed by atoms with Gasteiger partial charge in [-0.05, 0) is 60.5 Å². The highest BCUT2D eigenvalue weighted by atomic mass is 16.3. The van der Waals surface area contributed by atoms with E-state index in [4.69, 9.17) is 0 Å². The Morgan fingerprint density at radius 2 is 1.87 bits per heavy atom. The van der Waals surface area contributed by atoms with Crippen LogP contribution in [0.25, 0.3) is 0 Å². The summed E-state index contributed by atoms with van der Waals surface area (Å²) in [6.45, 7) is 4.12. The predicted molar refractivity (Wildman–Crippen MR) is 84.5 cm³/mol. The second kappa shape index (κ2) is 4.76. The van der Waals surface area contributed by atoms with Gasteiger partial charge in [0.2, 0.25) is 0 Å². The van der Waals surface area contributed by atoms with E-state index in [9.17, 15) is 19.8 Å². The average molecular weight is 318 g/mol. The minimum Gasteiger partial charge on any atom is -0.393 e. The first-order valence-corrected chi connectivity index (χ1v) is 8.92. The van der Waals surface area contributed by atoms with Gasteiger partial charge in [-0.1, -0.05) is 13.8 Å². The summed E-state index contributed by atoms with van der Waals surface area (Å²) in [6, 6.07) is 0. The Morgan fingerprint density at radius 1 is 1.13 bits per heavy atom. The van der Waals surface area contributed by atoms with Crippen LogP contribution in [0.1, 0.15) is 52.4 Å². The van der Waals surface area contributed by atoms with E-state index >= 15 is 0 Å². The fourth-order valence-corrected chi connectivity index (χ4v) is 6.51. The molecule has 23 heavy (non-hydrogen) atoms. The summed E-state index contributed by atoms with van der Waals surface area (Å²) in [5, 5.41) is 21.6. The number of rotatable bonds is 0. The summed E-state index contributed by atoms with van der Waals surface area (Å²) in [5.74, 6) is 0.838. The van der Waals surface area contributed by atoms with Gasteiger partial charge in [0.1, 0.15) is 5.78 Å². The van der Waals surface area contributed by atoms with Crippen molar-refractivity contribution in [3.63, 3.8) is 0 Å². The van der Waals surface area contributed by atoms with Crippen LogP contribution in [0, 0.1) is 28.6 Å². The van der Waals surface area contributed by atoms with E-state index in [0.717, 1.165) is 12.0 Å². The van der Waals surface area contributed by atoms with Gasteiger partial charge < -0.3 is 10.2 Å². The van der Waals surface area contributed by atoms with E-state index < -0.39 is 17.6 Å². The standard InChI is InChI=1S/C19H26O4/c1-18-6-5-10(20)7-13(18)14(21)8-11-12-3-4-16(23)19(12,2)9-15(22)17(11)18/h7,11-12,14-15,17,21-22H,3-6,8-9H2,1-2H3/t11-,12-,14+,15-,17+,18-,19-/m0/s1. The lowest BCUT2D eigenvalue weighted by Gasteiger charge is -2.59. The minimum atomic E-state index is -0.615. The first kappa shape index (κ1) is 15.5. The van der Waals surface area contributed by atoms with Gasteiger partial charge in [0.25, 0.3) is 0 Å². The molecule has 4 rings (SSSR count). The van der Waals surface area contributed by atoms with Crippen LogP contribution in [0.3, 0.4) is 0 Å². The molecule has 126 valence electrons. The third kappa shape index (κ3) is 1.91. The van der Waals surface area contributed by atoms with E-state index in [1.165, 1.54) is 0 Å². The highest BCUT2D eigenvalue weighted by Gasteiger charge is 2.63. The van der Waals surface area contributed by atoms with Crippen molar-refractivity contribution >= 4 is 11.6 Å². The lowest BCUT2D eigenvalue weighted by molar-refractivity contribution is -0.153. The molecule has 0 saturated heterocycles. The molecular weight excluding hydrogens is 292 g/mol. The second-order valence-corrected chi connectivity index (χ2v) is 8.68. The number of ketones is 2. The molecule has 4 aliphatic carbocycles. The van der Waals surface area contributed by atoms with Gasteiger partial charge in [-0.15, -0.1) is 0 Å². The summed E-state index contributed by atoms with van der Waals surface area (Å²) < 4.78 is 0. The first-order chi connectivity index (χ1) is 10.8. The van der Waals surface area contributed by atoms with Gasteiger partial charge in [-0.2, -0.15) is 0 Å². The van der Waals surface area contributed by atoms with E-state index in [0.29, 0.717) is 32.1 Å². The second-order valence-electron chi connectivity index (χ2n) is 8.68. The van der Waals surface area contributed by atoms with Crippen molar-refractivity contribution < 1.29 is 19.8 Å². The smallest absolute Gasteiger partial charge is 0.155 e. The van der Waals surface area contributed by atoms with Crippen molar-refractivity contribution in [3.05, 3.63) is 11.6 Å². The predicted octanol–water partition coefficient (Wildman–Crippen LogP) is 2.03. The van der Waals surface area contributed by atoms with Crippen LogP contribution in [0.2, 0.25) is 0 Å². The lowest BCUT2D eigenvalue weighted by atomic mass is 9.46. The van der Waals surface area contributed by atoms with Crippen molar-refractivity contribution in [2.24, 2.45) is 28.6 Å². The Bertz CT molecular complexity index is 608. The van der Waals surface area contributed by atoms with E-state index in [1.807, 2.05) is 6.92 Å². The maximum absolute atomic E-state index is 12.4. The molecule has 2 N–H and O–H groups in total. The van der Waals surface area contributed by atoms with Crippen molar-refractivity contribution in [2.75, 3.05) is 0 Å². The first-order valence-electron chi connectivity index (χ1n) is 8.92. The average Bonchev–Trinajstić information content (AvgIpc) is 2.76. The monoisotopic (exact) mass is 318 g/mol. The third-order valence-electron chi connectivity index (χ3n) is 7.62. The van der Waals surface area contributed by atoms with Crippen molar-refractivity contribution in [2.45, 2.75) is 64.6 Å². The van der Waals surface area contributed by atoms with E-state index in [2.05, 4.69) is 6.92 Å². The fourth-order valence-electron chi connectivity index (χ4n) is 6.51. The summed E-state index contributed by atoms with van der Waals surface area (Å²) in [5.41, 5.74) is 0.0762. The largest absolute Gasteiger partial charge is 0.393 e. The zero-order chi connectivity index (χ0) is 16.6. The number of hydrogen-bond acceptors (Lipinski definition) is 4. The Hall–Kier alpha value is -1.00. The summed E-state index contributed by atoms with van der Waals surface area (Å²) in [4.78, 5) is 24.2. The number of fused-ring (bicyclic) bond motifs is 5. The van der Waals surface area contributed by atoms with Crippen LogP contribution in [0.5, 0.6) is 0 Å². The lowest BCUT2D eigenvalue weighted by Crippen LogP contribution is -2.59. The van der Waals surface area contributed by atoms with Gasteiger partial charge in [0, 0.05) is 18.3 Å². The quantitative estimate of drug-likeness (QED) is 0.717. The number of aliphatic hydroxyl groups is 2. The fraction of sp³-hybridized carbons (Fsp3) is 0.789. The van der Waals surface area contributed by atoms with Gasteiger partial charge in [-0.3, -0.25) is 9.59 Å². The van der Waals surface area contributed by atoms with Crippen LogP contribution in [0.15, 0.2) is 11.6 Å². The molecule has 0 aromatic rings. The van der Waals surface area contributed by atoms with Crippen LogP contribution in [-0.4, -0.2) is 34.0 Å². The van der Waals surface area contributed by atoms with Crippen molar-refractivity contribution in [3.8, 4) is 0 Å². The number of carbonyl (C=O) groups is 2.